The van der Waals surface area contributed by atoms with Crippen molar-refractivity contribution >= 4 is 54.7 Å². The maximum Gasteiger partial charge on any atom is 0.199 e. The summed E-state index contributed by atoms with van der Waals surface area (Å²) in [6, 6.07) is 41.2. The first kappa shape index (κ1) is 41.9. The van der Waals surface area contributed by atoms with Crippen LogP contribution in [-0.2, 0) is 18.3 Å². The lowest BCUT2D eigenvalue weighted by atomic mass is 9.99. The molecule has 0 saturated carbocycles. The molecule has 0 fully saturated rings. The van der Waals surface area contributed by atoms with E-state index in [4.69, 9.17) is 29.7 Å². The highest BCUT2D eigenvalue weighted by atomic mass is 32.1. The molecule has 6 heterocycles. The van der Waals surface area contributed by atoms with E-state index in [1.54, 1.807) is 42.2 Å². The van der Waals surface area contributed by atoms with Gasteiger partial charge in [0.15, 0.2) is 23.3 Å². The van der Waals surface area contributed by atoms with E-state index in [-0.39, 0.29) is 12.6 Å². The van der Waals surface area contributed by atoms with Crippen LogP contribution >= 0.6 is 22.7 Å². The molecule has 3 N–H and O–H groups in total. The summed E-state index contributed by atoms with van der Waals surface area (Å²) in [7, 11) is 3.64. The minimum Gasteiger partial charge on any atom is -0.394 e. The van der Waals surface area contributed by atoms with Crippen molar-refractivity contribution in [1.82, 2.24) is 39.0 Å². The average Bonchev–Trinajstić information content (AvgIpc) is 4.17. The lowest BCUT2D eigenvalue weighted by molar-refractivity contribution is 0.190. The van der Waals surface area contributed by atoms with Gasteiger partial charge in [-0.05, 0) is 35.6 Å². The van der Waals surface area contributed by atoms with Crippen molar-refractivity contribution in [2.75, 3.05) is 31.0 Å². The van der Waals surface area contributed by atoms with Crippen LogP contribution in [-0.4, -0.2) is 76.6 Å². The molecular formula is C51H46N10O2S2. The van der Waals surface area contributed by atoms with Crippen LogP contribution in [0.15, 0.2) is 146 Å². The highest BCUT2D eigenvalue weighted by molar-refractivity contribution is 7.23. The van der Waals surface area contributed by atoms with Gasteiger partial charge in [-0.2, -0.15) is 0 Å². The summed E-state index contributed by atoms with van der Waals surface area (Å²) in [6.45, 7) is 2.95. The SMILES string of the molecule is COCC(C)Nc1nc(-c2nccn2CCC(CO)Nc2nc(-c3nccn3C)nc3sc(-c4ccccc4)c(-c4ccccc4)c23)nc2sc(-c3ccccc3)c(-c3ccccc3)c12. The highest BCUT2D eigenvalue weighted by Crippen LogP contribution is 2.48. The maximum absolute atomic E-state index is 11.1. The van der Waals surface area contributed by atoms with Crippen molar-refractivity contribution in [3.05, 3.63) is 146 Å². The van der Waals surface area contributed by atoms with Crippen LogP contribution in [0.3, 0.4) is 0 Å². The van der Waals surface area contributed by atoms with Crippen LogP contribution in [0.2, 0.25) is 0 Å². The van der Waals surface area contributed by atoms with Crippen LogP contribution in [0.25, 0.3) is 86.9 Å². The lowest BCUT2D eigenvalue weighted by Crippen LogP contribution is -2.26. The van der Waals surface area contributed by atoms with Crippen molar-refractivity contribution in [1.29, 1.82) is 0 Å². The van der Waals surface area contributed by atoms with Gasteiger partial charge in [0.05, 0.1) is 30.0 Å². The van der Waals surface area contributed by atoms with E-state index in [2.05, 4.69) is 112 Å². The lowest BCUT2D eigenvalue weighted by Gasteiger charge is -2.20. The number of fused-ring (bicyclic) bond motifs is 2. The minimum absolute atomic E-state index is 0.0358. The number of nitrogens with zero attached hydrogens (tertiary/aromatic N) is 8. The quantitative estimate of drug-likeness (QED) is 0.0858. The van der Waals surface area contributed by atoms with Gasteiger partial charge in [-0.25, -0.2) is 29.9 Å². The predicted molar refractivity (Wildman–Crippen MR) is 264 cm³/mol. The highest BCUT2D eigenvalue weighted by Gasteiger charge is 2.26. The van der Waals surface area contributed by atoms with E-state index in [1.807, 2.05) is 60.4 Å². The Bertz CT molecular complexity index is 3210. The molecule has 2 atom stereocenters. The summed E-state index contributed by atoms with van der Waals surface area (Å²) in [4.78, 5) is 34.1. The Balaban J connectivity index is 1.03. The van der Waals surface area contributed by atoms with E-state index in [9.17, 15) is 5.11 Å². The molecule has 6 aromatic heterocycles. The van der Waals surface area contributed by atoms with Gasteiger partial charge in [-0.15, -0.1) is 22.7 Å². The van der Waals surface area contributed by atoms with E-state index in [1.165, 1.54) is 0 Å². The largest absolute Gasteiger partial charge is 0.394 e. The molecule has 10 rings (SSSR count). The molecular weight excluding hydrogens is 849 g/mol. The maximum atomic E-state index is 11.1. The topological polar surface area (TPSA) is 141 Å². The van der Waals surface area contributed by atoms with Crippen LogP contribution in [0, 0.1) is 0 Å². The summed E-state index contributed by atoms with van der Waals surface area (Å²) in [5.41, 5.74) is 6.46. The number of benzene rings is 4. The summed E-state index contributed by atoms with van der Waals surface area (Å²) in [5, 5.41) is 20.2. The molecule has 65 heavy (non-hydrogen) atoms. The van der Waals surface area contributed by atoms with Gasteiger partial charge in [0, 0.05) is 72.4 Å². The molecule has 14 heteroatoms. The fourth-order valence-corrected chi connectivity index (χ4v) is 10.7. The third kappa shape index (κ3) is 8.40. The van der Waals surface area contributed by atoms with Crippen LogP contribution in [0.4, 0.5) is 11.6 Å². The number of rotatable bonds is 16. The molecule has 0 amide bonds. The van der Waals surface area contributed by atoms with Crippen LogP contribution < -0.4 is 10.6 Å². The smallest absolute Gasteiger partial charge is 0.199 e. The average molecular weight is 895 g/mol. The van der Waals surface area contributed by atoms with Gasteiger partial charge in [0.1, 0.15) is 21.3 Å². The number of hydrogen-bond donors (Lipinski definition) is 3. The zero-order valence-corrected chi connectivity index (χ0v) is 37.7. The van der Waals surface area contributed by atoms with Crippen molar-refractivity contribution in [2.24, 2.45) is 7.05 Å². The number of aliphatic hydroxyl groups is 1. The molecule has 12 nitrogen and oxygen atoms in total. The van der Waals surface area contributed by atoms with Crippen LogP contribution in [0.1, 0.15) is 13.3 Å². The van der Waals surface area contributed by atoms with Gasteiger partial charge in [0.25, 0.3) is 0 Å². The summed E-state index contributed by atoms with van der Waals surface area (Å²) in [6.07, 6.45) is 7.89. The number of nitrogens with one attached hydrogen (secondary N) is 2. The first-order valence-corrected chi connectivity index (χ1v) is 23.1. The van der Waals surface area contributed by atoms with Crippen molar-refractivity contribution in [3.63, 3.8) is 0 Å². The first-order valence-electron chi connectivity index (χ1n) is 21.5. The van der Waals surface area contributed by atoms with Crippen molar-refractivity contribution < 1.29 is 9.84 Å². The fourth-order valence-electron chi connectivity index (χ4n) is 8.26. The van der Waals surface area contributed by atoms with Gasteiger partial charge in [-0.3, -0.25) is 0 Å². The number of aliphatic hydroxyl groups excluding tert-OH is 1. The molecule has 324 valence electrons. The predicted octanol–water partition coefficient (Wildman–Crippen LogP) is 10.9. The van der Waals surface area contributed by atoms with Gasteiger partial charge >= 0.3 is 0 Å². The normalized spacial score (nSPS) is 12.5. The number of thiophene rings is 2. The monoisotopic (exact) mass is 894 g/mol. The molecule has 0 radical (unpaired) electrons. The Kier molecular flexibility index (Phi) is 12.0. The fraction of sp³-hybridized carbons (Fsp3) is 0.176. The second-order valence-corrected chi connectivity index (χ2v) is 17.8. The van der Waals surface area contributed by atoms with E-state index >= 15 is 0 Å². The van der Waals surface area contributed by atoms with Gasteiger partial charge in [0.2, 0.25) is 0 Å². The number of aromatic nitrogens is 8. The molecule has 0 aliphatic rings. The van der Waals surface area contributed by atoms with Gasteiger partial charge in [-0.1, -0.05) is 121 Å². The number of imidazole rings is 2. The summed E-state index contributed by atoms with van der Waals surface area (Å²) < 4.78 is 9.52. The molecule has 0 spiro atoms. The molecule has 0 saturated heterocycles. The summed E-state index contributed by atoms with van der Waals surface area (Å²) in [5.74, 6) is 3.62. The third-order valence-electron chi connectivity index (χ3n) is 11.3. The number of anilines is 2. The molecule has 0 bridgehead atoms. The number of hydrogen-bond acceptors (Lipinski definition) is 12. The molecule has 4 aromatic carbocycles. The second kappa shape index (κ2) is 18.6. The second-order valence-electron chi connectivity index (χ2n) is 15.8. The number of aryl methyl sites for hydroxylation is 2. The Morgan fingerprint density at radius 3 is 1.58 bits per heavy atom. The summed E-state index contributed by atoms with van der Waals surface area (Å²) >= 11 is 3.28. The standard InChI is InChI=1S/C51H46N10O2S2/c1-32(31-63-3)54-44-40-38(33-16-8-4-9-17-33)42(35-20-12-6-13-21-35)64-50(40)59-47(56-44)49-53-26-29-61(49)27-24-37(30-62)55-45-41-39(34-18-10-5-11-19-34)43(36-22-14-7-15-23-36)65-51(41)58-46(57-45)48-52-25-28-60(48)2/h4-23,25-26,28-29,32,37,62H,24,27,30-31H2,1-3H3,(H,54,56,59)(H,55,57,58). The Morgan fingerprint density at radius 2 is 1.09 bits per heavy atom. The van der Waals surface area contributed by atoms with E-state index < -0.39 is 6.04 Å². The van der Waals surface area contributed by atoms with Gasteiger partial charge < -0.3 is 29.6 Å². The van der Waals surface area contributed by atoms with Crippen LogP contribution in [0.5, 0.6) is 0 Å². The zero-order chi connectivity index (χ0) is 44.3. The number of methoxy groups -OCH3 is 1. The van der Waals surface area contributed by atoms with E-state index in [0.717, 1.165) is 63.6 Å². The molecule has 0 aliphatic carbocycles. The molecule has 0 aliphatic heterocycles. The Labute approximate surface area is 384 Å². The third-order valence-corrected chi connectivity index (χ3v) is 13.6. The zero-order valence-electron chi connectivity index (χ0n) is 36.1. The first-order chi connectivity index (χ1) is 32.0. The van der Waals surface area contributed by atoms with Crippen molar-refractivity contribution in [3.8, 4) is 66.4 Å². The molecule has 10 aromatic rings. The minimum atomic E-state index is -0.393. The molecule has 2 unspecified atom stereocenters. The number of ether oxygens (including phenoxy) is 1. The van der Waals surface area contributed by atoms with E-state index in [0.29, 0.717) is 54.5 Å². The Hall–Kier alpha value is -7.10. The Morgan fingerprint density at radius 1 is 0.615 bits per heavy atom. The van der Waals surface area contributed by atoms with Crippen molar-refractivity contribution in [2.45, 2.75) is 32.0 Å².